The highest BCUT2D eigenvalue weighted by Crippen LogP contribution is 2.17. The topological polar surface area (TPSA) is 78.9 Å². The molecule has 0 rings (SSSR count). The minimum atomic E-state index is -0.768. The molecule has 0 fully saturated rings. The van der Waals surface area contributed by atoms with Crippen LogP contribution in [0.1, 0.15) is 329 Å². The predicted octanol–water partition coefficient (Wildman–Crippen LogP) is 19.9. The van der Waals surface area contributed by atoms with Gasteiger partial charge < -0.3 is 14.2 Å². The lowest BCUT2D eigenvalue weighted by Gasteiger charge is -2.18. The standard InChI is InChI=1S/C61H114O6/c1-4-7-10-13-16-19-21-22-23-24-25-26-27-28-29-30-31-32-33-34-35-36-37-38-39-40-41-43-45-48-51-54-60(63)66-57-58(56-65-59(62)53-50-47-44-18-15-12-9-6-3)67-61(64)55-52-49-46-42-20-17-14-11-8-5-2/h11,14,24-25,58H,4-10,12-13,15-23,26-57H2,1-3H3/b14-11-,25-24-. The summed E-state index contributed by atoms with van der Waals surface area (Å²) in [4.78, 5) is 37.8. The Morgan fingerprint density at radius 1 is 0.284 bits per heavy atom. The highest BCUT2D eigenvalue weighted by Gasteiger charge is 2.19. The lowest BCUT2D eigenvalue weighted by atomic mass is 10.0. The second kappa shape index (κ2) is 56.5. The summed E-state index contributed by atoms with van der Waals surface area (Å²) in [6, 6.07) is 0. The molecule has 6 heteroatoms. The molecule has 6 nitrogen and oxygen atoms in total. The first kappa shape index (κ1) is 64.9. The summed E-state index contributed by atoms with van der Waals surface area (Å²) in [5.74, 6) is -0.871. The Kier molecular flexibility index (Phi) is 54.7. The van der Waals surface area contributed by atoms with Crippen LogP contribution >= 0.6 is 0 Å². The molecule has 0 radical (unpaired) electrons. The normalized spacial score (nSPS) is 12.1. The summed E-state index contributed by atoms with van der Waals surface area (Å²) in [6.45, 7) is 6.57. The van der Waals surface area contributed by atoms with E-state index in [4.69, 9.17) is 14.2 Å². The van der Waals surface area contributed by atoms with Gasteiger partial charge in [0.05, 0.1) is 0 Å². The van der Waals surface area contributed by atoms with Crippen LogP contribution in [0.2, 0.25) is 0 Å². The zero-order valence-corrected chi connectivity index (χ0v) is 45.2. The van der Waals surface area contributed by atoms with Crippen molar-refractivity contribution in [2.75, 3.05) is 13.2 Å². The van der Waals surface area contributed by atoms with E-state index in [-0.39, 0.29) is 31.1 Å². The van der Waals surface area contributed by atoms with Crippen LogP contribution in [0, 0.1) is 0 Å². The first-order chi connectivity index (χ1) is 33.0. The van der Waals surface area contributed by atoms with Crippen molar-refractivity contribution < 1.29 is 28.6 Å². The number of unbranched alkanes of at least 4 members (excludes halogenated alkanes) is 40. The number of carbonyl (C=O) groups is 3. The Morgan fingerprint density at radius 3 is 0.806 bits per heavy atom. The average molecular weight is 944 g/mol. The van der Waals surface area contributed by atoms with Gasteiger partial charge in [-0.15, -0.1) is 0 Å². The molecule has 0 aliphatic carbocycles. The summed E-state index contributed by atoms with van der Waals surface area (Å²) < 4.78 is 16.7. The molecule has 1 unspecified atom stereocenters. The molecule has 0 saturated heterocycles. The summed E-state index contributed by atoms with van der Waals surface area (Å²) in [6.07, 6.45) is 66.6. The Labute approximate surface area is 417 Å². The molecule has 0 aliphatic heterocycles. The van der Waals surface area contributed by atoms with Crippen LogP contribution in [0.4, 0.5) is 0 Å². The first-order valence-electron chi connectivity index (χ1n) is 29.8. The summed E-state index contributed by atoms with van der Waals surface area (Å²) in [5, 5.41) is 0. The molecule has 394 valence electrons. The van der Waals surface area contributed by atoms with E-state index in [0.717, 1.165) is 77.0 Å². The Hall–Kier alpha value is -2.11. The van der Waals surface area contributed by atoms with E-state index in [1.807, 2.05) is 0 Å². The van der Waals surface area contributed by atoms with Crippen LogP contribution in [-0.4, -0.2) is 37.2 Å². The monoisotopic (exact) mass is 943 g/mol. The fourth-order valence-corrected chi connectivity index (χ4v) is 8.91. The number of rotatable bonds is 55. The van der Waals surface area contributed by atoms with Crippen molar-refractivity contribution in [3.05, 3.63) is 24.3 Å². The van der Waals surface area contributed by atoms with Crippen LogP contribution in [0.25, 0.3) is 0 Å². The maximum atomic E-state index is 12.7. The number of esters is 3. The van der Waals surface area contributed by atoms with Crippen LogP contribution in [0.15, 0.2) is 24.3 Å². The SMILES string of the molecule is CCC/C=C\CCCCCCCC(=O)OC(COC(=O)CCCCCCCCCC)COC(=O)CCCCCCCCCCCCCCCCCCCCC/C=C\CCCCCCCCCC. The van der Waals surface area contributed by atoms with Gasteiger partial charge in [0.25, 0.3) is 0 Å². The van der Waals surface area contributed by atoms with E-state index in [1.165, 1.54) is 212 Å². The van der Waals surface area contributed by atoms with Gasteiger partial charge in [-0.05, 0) is 64.2 Å². The zero-order valence-electron chi connectivity index (χ0n) is 45.2. The molecule has 0 aromatic heterocycles. The van der Waals surface area contributed by atoms with Crippen LogP contribution < -0.4 is 0 Å². The minimum absolute atomic E-state index is 0.0702. The van der Waals surface area contributed by atoms with Crippen molar-refractivity contribution in [2.45, 2.75) is 335 Å². The van der Waals surface area contributed by atoms with Gasteiger partial charge in [0.2, 0.25) is 0 Å². The van der Waals surface area contributed by atoms with Gasteiger partial charge in [0, 0.05) is 19.3 Å². The number of hydrogen-bond donors (Lipinski definition) is 0. The van der Waals surface area contributed by atoms with Crippen molar-refractivity contribution in [2.24, 2.45) is 0 Å². The Balaban J connectivity index is 3.92. The molecule has 0 aromatic carbocycles. The lowest BCUT2D eigenvalue weighted by molar-refractivity contribution is -0.167. The van der Waals surface area contributed by atoms with E-state index >= 15 is 0 Å². The second-order valence-corrected chi connectivity index (χ2v) is 20.3. The fraction of sp³-hybridized carbons (Fsp3) is 0.885. The molecule has 0 aromatic rings. The number of hydrogen-bond acceptors (Lipinski definition) is 6. The van der Waals surface area contributed by atoms with Gasteiger partial charge in [-0.25, -0.2) is 0 Å². The third kappa shape index (κ3) is 54.7. The van der Waals surface area contributed by atoms with Gasteiger partial charge in [-0.1, -0.05) is 270 Å². The van der Waals surface area contributed by atoms with Gasteiger partial charge in [0.1, 0.15) is 13.2 Å². The van der Waals surface area contributed by atoms with E-state index in [1.54, 1.807) is 0 Å². The fourth-order valence-electron chi connectivity index (χ4n) is 8.91. The summed E-state index contributed by atoms with van der Waals surface area (Å²) >= 11 is 0. The van der Waals surface area contributed by atoms with Crippen LogP contribution in [0.3, 0.4) is 0 Å². The van der Waals surface area contributed by atoms with Gasteiger partial charge in [0.15, 0.2) is 6.10 Å². The van der Waals surface area contributed by atoms with Crippen molar-refractivity contribution >= 4 is 17.9 Å². The molecule has 0 aliphatic rings. The number of allylic oxidation sites excluding steroid dienone is 4. The maximum Gasteiger partial charge on any atom is 0.306 e. The first-order valence-corrected chi connectivity index (χ1v) is 29.8. The minimum Gasteiger partial charge on any atom is -0.462 e. The molecule has 0 heterocycles. The largest absolute Gasteiger partial charge is 0.462 e. The molecular formula is C61H114O6. The summed E-state index contributed by atoms with van der Waals surface area (Å²) in [5.41, 5.74) is 0. The quantitative estimate of drug-likeness (QED) is 0.0262. The Bertz CT molecular complexity index is 1080. The molecule has 67 heavy (non-hydrogen) atoms. The molecule has 0 N–H and O–H groups in total. The van der Waals surface area contributed by atoms with Crippen LogP contribution in [0.5, 0.6) is 0 Å². The van der Waals surface area contributed by atoms with Crippen molar-refractivity contribution in [1.82, 2.24) is 0 Å². The number of ether oxygens (including phenoxy) is 3. The molecule has 0 amide bonds. The van der Waals surface area contributed by atoms with Crippen molar-refractivity contribution in [1.29, 1.82) is 0 Å². The lowest BCUT2D eigenvalue weighted by Crippen LogP contribution is -2.30. The highest BCUT2D eigenvalue weighted by atomic mass is 16.6. The van der Waals surface area contributed by atoms with Crippen molar-refractivity contribution in [3.8, 4) is 0 Å². The number of carbonyl (C=O) groups excluding carboxylic acids is 3. The van der Waals surface area contributed by atoms with Gasteiger partial charge in [-0.2, -0.15) is 0 Å². The Morgan fingerprint density at radius 2 is 0.522 bits per heavy atom. The van der Waals surface area contributed by atoms with Gasteiger partial charge in [-0.3, -0.25) is 14.4 Å². The molecular weight excluding hydrogens is 829 g/mol. The predicted molar refractivity (Wildman–Crippen MR) is 289 cm³/mol. The maximum absolute atomic E-state index is 12.7. The van der Waals surface area contributed by atoms with Gasteiger partial charge >= 0.3 is 17.9 Å². The second-order valence-electron chi connectivity index (χ2n) is 20.3. The molecule has 1 atom stereocenters. The molecule has 0 spiro atoms. The van der Waals surface area contributed by atoms with Crippen molar-refractivity contribution in [3.63, 3.8) is 0 Å². The van der Waals surface area contributed by atoms with E-state index in [9.17, 15) is 14.4 Å². The van der Waals surface area contributed by atoms with Crippen LogP contribution in [-0.2, 0) is 28.6 Å². The molecule has 0 saturated carbocycles. The van der Waals surface area contributed by atoms with E-state index in [0.29, 0.717) is 19.3 Å². The third-order valence-corrected chi connectivity index (χ3v) is 13.4. The molecule has 0 bridgehead atoms. The third-order valence-electron chi connectivity index (χ3n) is 13.4. The smallest absolute Gasteiger partial charge is 0.306 e. The van der Waals surface area contributed by atoms with E-state index < -0.39 is 6.10 Å². The average Bonchev–Trinajstić information content (AvgIpc) is 3.33. The highest BCUT2D eigenvalue weighted by molar-refractivity contribution is 5.71. The van der Waals surface area contributed by atoms with E-state index in [2.05, 4.69) is 45.1 Å². The zero-order chi connectivity index (χ0) is 48.6. The summed E-state index contributed by atoms with van der Waals surface area (Å²) in [7, 11) is 0.